The summed E-state index contributed by atoms with van der Waals surface area (Å²) in [5.41, 5.74) is 0.574. The molecule has 0 aliphatic rings. The first kappa shape index (κ1) is 26.1. The van der Waals surface area contributed by atoms with Gasteiger partial charge in [0.2, 0.25) is 0 Å². The minimum absolute atomic E-state index is 0.0396. The summed E-state index contributed by atoms with van der Waals surface area (Å²) in [4.78, 5) is 36.5. The average molecular weight is 498 g/mol. The van der Waals surface area contributed by atoms with E-state index in [4.69, 9.17) is 28.8 Å². The van der Waals surface area contributed by atoms with Crippen LogP contribution in [0, 0.1) is 0 Å². The predicted octanol–water partition coefficient (Wildman–Crippen LogP) is 3.37. The number of para-hydroxylation sites is 1. The number of aliphatic carboxylic acids is 1. The van der Waals surface area contributed by atoms with E-state index in [0.717, 1.165) is 0 Å². The molecular formula is C25H26N2O9. The summed E-state index contributed by atoms with van der Waals surface area (Å²) in [7, 11) is 5.22. The van der Waals surface area contributed by atoms with Gasteiger partial charge in [0.05, 0.1) is 46.3 Å². The van der Waals surface area contributed by atoms with Crippen molar-refractivity contribution in [3.63, 3.8) is 0 Å². The minimum Gasteiger partial charge on any atom is -0.496 e. The maximum absolute atomic E-state index is 13.0. The maximum atomic E-state index is 13.0. The number of ether oxygens (including phenoxy) is 5. The first-order valence-corrected chi connectivity index (χ1v) is 10.8. The van der Waals surface area contributed by atoms with Gasteiger partial charge in [0.1, 0.15) is 28.5 Å². The molecule has 0 bridgehead atoms. The molecule has 0 radical (unpaired) electrons. The van der Waals surface area contributed by atoms with Crippen molar-refractivity contribution in [3.05, 3.63) is 53.7 Å². The van der Waals surface area contributed by atoms with E-state index < -0.39 is 17.9 Å². The average Bonchev–Trinajstić information content (AvgIpc) is 3.30. The molecule has 11 heteroatoms. The molecule has 0 saturated heterocycles. The van der Waals surface area contributed by atoms with E-state index in [-0.39, 0.29) is 47.0 Å². The highest BCUT2D eigenvalue weighted by Gasteiger charge is 2.34. The van der Waals surface area contributed by atoms with E-state index in [9.17, 15) is 14.4 Å². The Bertz CT molecular complexity index is 1230. The molecule has 3 rings (SSSR count). The molecule has 0 atom stereocenters. The van der Waals surface area contributed by atoms with Crippen LogP contribution in [0.25, 0.3) is 16.9 Å². The van der Waals surface area contributed by atoms with Gasteiger partial charge in [-0.2, -0.15) is 5.10 Å². The molecule has 1 N–H and O–H groups in total. The second-order valence-corrected chi connectivity index (χ2v) is 7.35. The predicted molar refractivity (Wildman–Crippen MR) is 127 cm³/mol. The molecule has 0 aliphatic heterocycles. The largest absolute Gasteiger partial charge is 0.496 e. The van der Waals surface area contributed by atoms with Crippen LogP contribution in [-0.4, -0.2) is 67.8 Å². The van der Waals surface area contributed by atoms with E-state index in [1.807, 2.05) is 0 Å². The van der Waals surface area contributed by atoms with Gasteiger partial charge in [-0.1, -0.05) is 18.2 Å². The lowest BCUT2D eigenvalue weighted by Gasteiger charge is -2.15. The van der Waals surface area contributed by atoms with E-state index in [1.54, 1.807) is 42.5 Å². The molecule has 1 heterocycles. The monoisotopic (exact) mass is 498 g/mol. The third-order valence-electron chi connectivity index (χ3n) is 5.17. The van der Waals surface area contributed by atoms with Crippen LogP contribution in [0.3, 0.4) is 0 Å². The Balaban J connectivity index is 2.24. The van der Waals surface area contributed by atoms with Gasteiger partial charge in [0, 0.05) is 18.6 Å². The van der Waals surface area contributed by atoms with Crippen molar-refractivity contribution in [3.8, 4) is 34.2 Å². The Morgan fingerprint density at radius 3 is 2.06 bits per heavy atom. The maximum Gasteiger partial charge on any atom is 0.357 e. The number of hydrogen-bond acceptors (Lipinski definition) is 9. The SMILES string of the molecule is COC(=O)c1c(-c2c(OC)cc(OCCCC(=O)O)cc2OC)nn(-c2ccccc2)c1C(=O)OC. The zero-order valence-corrected chi connectivity index (χ0v) is 20.3. The molecule has 2 aromatic carbocycles. The Morgan fingerprint density at radius 1 is 0.917 bits per heavy atom. The number of esters is 2. The molecule has 190 valence electrons. The van der Waals surface area contributed by atoms with Crippen molar-refractivity contribution >= 4 is 17.9 Å². The van der Waals surface area contributed by atoms with Crippen molar-refractivity contribution in [1.29, 1.82) is 0 Å². The van der Waals surface area contributed by atoms with Gasteiger partial charge in [-0.3, -0.25) is 4.79 Å². The highest BCUT2D eigenvalue weighted by atomic mass is 16.5. The normalized spacial score (nSPS) is 10.4. The first-order valence-electron chi connectivity index (χ1n) is 10.8. The van der Waals surface area contributed by atoms with Crippen LogP contribution < -0.4 is 14.2 Å². The minimum atomic E-state index is -0.921. The van der Waals surface area contributed by atoms with Gasteiger partial charge in [-0.25, -0.2) is 14.3 Å². The zero-order valence-electron chi connectivity index (χ0n) is 20.3. The van der Waals surface area contributed by atoms with Gasteiger partial charge in [-0.05, 0) is 18.6 Å². The van der Waals surface area contributed by atoms with E-state index >= 15 is 0 Å². The van der Waals surface area contributed by atoms with E-state index in [1.165, 1.54) is 33.1 Å². The number of rotatable bonds is 11. The van der Waals surface area contributed by atoms with Gasteiger partial charge in [0.25, 0.3) is 0 Å². The molecular weight excluding hydrogens is 472 g/mol. The number of benzene rings is 2. The van der Waals surface area contributed by atoms with Crippen molar-refractivity contribution < 1.29 is 43.2 Å². The number of nitrogens with zero attached hydrogens (tertiary/aromatic N) is 2. The summed E-state index contributed by atoms with van der Waals surface area (Å²) in [6.07, 6.45) is 0.264. The van der Waals surface area contributed by atoms with Crippen molar-refractivity contribution in [2.75, 3.05) is 35.0 Å². The molecule has 3 aromatic rings. The van der Waals surface area contributed by atoms with Crippen molar-refractivity contribution in [1.82, 2.24) is 9.78 Å². The third kappa shape index (κ3) is 5.40. The number of carbonyl (C=O) groups is 3. The van der Waals surface area contributed by atoms with Crippen LogP contribution in [0.4, 0.5) is 0 Å². The zero-order chi connectivity index (χ0) is 26.2. The number of carboxylic acids is 1. The number of carbonyl (C=O) groups excluding carboxylic acids is 2. The molecule has 0 spiro atoms. The lowest BCUT2D eigenvalue weighted by molar-refractivity contribution is -0.137. The van der Waals surface area contributed by atoms with Gasteiger partial charge < -0.3 is 28.8 Å². The fourth-order valence-electron chi connectivity index (χ4n) is 3.55. The van der Waals surface area contributed by atoms with Crippen LogP contribution in [-0.2, 0) is 14.3 Å². The molecule has 11 nitrogen and oxygen atoms in total. The molecule has 0 saturated carbocycles. The van der Waals surface area contributed by atoms with Gasteiger partial charge in [0.15, 0.2) is 5.69 Å². The lowest BCUT2D eigenvalue weighted by atomic mass is 10.0. The van der Waals surface area contributed by atoms with E-state index in [2.05, 4.69) is 5.10 Å². The first-order chi connectivity index (χ1) is 17.4. The Morgan fingerprint density at radius 2 is 1.53 bits per heavy atom. The summed E-state index contributed by atoms with van der Waals surface area (Å²) in [5, 5.41) is 13.4. The Hall–Kier alpha value is -4.54. The third-order valence-corrected chi connectivity index (χ3v) is 5.17. The summed E-state index contributed by atoms with van der Waals surface area (Å²) in [6.45, 7) is 0.153. The summed E-state index contributed by atoms with van der Waals surface area (Å²) in [6, 6.07) is 11.9. The highest BCUT2D eigenvalue weighted by Crippen LogP contribution is 2.44. The molecule has 36 heavy (non-hydrogen) atoms. The second-order valence-electron chi connectivity index (χ2n) is 7.35. The lowest BCUT2D eigenvalue weighted by Crippen LogP contribution is -2.15. The van der Waals surface area contributed by atoms with Gasteiger partial charge in [-0.15, -0.1) is 0 Å². The molecule has 1 aromatic heterocycles. The van der Waals surface area contributed by atoms with Crippen LogP contribution in [0.2, 0.25) is 0 Å². The van der Waals surface area contributed by atoms with Crippen molar-refractivity contribution in [2.45, 2.75) is 12.8 Å². The summed E-state index contributed by atoms with van der Waals surface area (Å²) in [5.74, 6) is -1.70. The fraction of sp³-hybridized carbons (Fsp3) is 0.280. The summed E-state index contributed by atoms with van der Waals surface area (Å²) >= 11 is 0. The molecule has 0 aliphatic carbocycles. The molecule has 0 amide bonds. The Labute approximate surface area is 207 Å². The molecule has 0 unspecified atom stereocenters. The smallest absolute Gasteiger partial charge is 0.357 e. The Kier molecular flexibility index (Phi) is 8.50. The standard InChI is InChI=1S/C25H26N2O9/c1-32-17-13-16(36-12-8-11-19(28)29)14-18(33-2)20(17)22-21(24(30)34-3)23(25(31)35-4)27(26-22)15-9-6-5-7-10-15/h5-7,9-10,13-14H,8,11-12H2,1-4H3,(H,28,29). The van der Waals surface area contributed by atoms with Crippen LogP contribution >= 0.6 is 0 Å². The van der Waals surface area contributed by atoms with E-state index in [0.29, 0.717) is 17.9 Å². The van der Waals surface area contributed by atoms with Crippen LogP contribution in [0.5, 0.6) is 17.2 Å². The van der Waals surface area contributed by atoms with Crippen LogP contribution in [0.15, 0.2) is 42.5 Å². The number of carboxylic acid groups (broad SMARTS) is 1. The number of hydrogen-bond donors (Lipinski definition) is 1. The quantitative estimate of drug-likeness (QED) is 0.310. The number of aromatic nitrogens is 2. The number of methoxy groups -OCH3 is 4. The fourth-order valence-corrected chi connectivity index (χ4v) is 3.55. The topological polar surface area (TPSA) is 135 Å². The summed E-state index contributed by atoms with van der Waals surface area (Å²) < 4.78 is 28.0. The highest BCUT2D eigenvalue weighted by molar-refractivity contribution is 6.07. The second kappa shape index (κ2) is 11.7. The van der Waals surface area contributed by atoms with Crippen LogP contribution in [0.1, 0.15) is 33.7 Å². The van der Waals surface area contributed by atoms with Gasteiger partial charge >= 0.3 is 17.9 Å². The van der Waals surface area contributed by atoms with Crippen molar-refractivity contribution in [2.24, 2.45) is 0 Å². The molecule has 0 fully saturated rings.